The Kier molecular flexibility index (Phi) is 7.40. The lowest BCUT2D eigenvalue weighted by molar-refractivity contribution is -0.0911. The van der Waals surface area contributed by atoms with E-state index >= 15 is 0 Å². The number of rotatable bonds is 8. The molecule has 1 aliphatic heterocycles. The summed E-state index contributed by atoms with van der Waals surface area (Å²) in [7, 11) is 0. The largest absolute Gasteiger partial charge is 0.352 e. The van der Waals surface area contributed by atoms with E-state index < -0.39 is 0 Å². The number of nitrogens with zero attached hydrogens (tertiary/aromatic N) is 1. The summed E-state index contributed by atoms with van der Waals surface area (Å²) < 4.78 is 0. The molecule has 1 aromatic rings. The average Bonchev–Trinajstić information content (AvgIpc) is 2.71. The molecule has 5 nitrogen and oxygen atoms in total. The van der Waals surface area contributed by atoms with E-state index in [4.69, 9.17) is 5.73 Å². The molecule has 1 aromatic carbocycles. The quantitative estimate of drug-likeness (QED) is 0.528. The molecule has 1 amide bonds. The first-order valence-corrected chi connectivity index (χ1v) is 10.6. The first kappa shape index (κ1) is 22.6. The Balaban J connectivity index is 2.00. The van der Waals surface area contributed by atoms with Gasteiger partial charge in [0, 0.05) is 41.3 Å². The third-order valence-corrected chi connectivity index (χ3v) is 7.17. The molecule has 0 aliphatic carbocycles. The maximum absolute atomic E-state index is 12.4. The molecular formula is C23H37N3O2. The van der Waals surface area contributed by atoms with Gasteiger partial charge < -0.3 is 11.1 Å². The number of benzene rings is 1. The van der Waals surface area contributed by atoms with Gasteiger partial charge in [0.15, 0.2) is 0 Å². The zero-order chi connectivity index (χ0) is 20.9. The van der Waals surface area contributed by atoms with Crippen LogP contribution >= 0.6 is 0 Å². The van der Waals surface area contributed by atoms with Gasteiger partial charge in [0.1, 0.15) is 6.29 Å². The minimum absolute atomic E-state index is 0.0602. The van der Waals surface area contributed by atoms with E-state index in [-0.39, 0.29) is 23.0 Å². The molecule has 1 fully saturated rings. The van der Waals surface area contributed by atoms with Crippen LogP contribution in [0.15, 0.2) is 24.3 Å². The number of nitrogens with one attached hydrogen (secondary N) is 1. The normalized spacial score (nSPS) is 30.8. The van der Waals surface area contributed by atoms with Crippen LogP contribution in [-0.4, -0.2) is 47.3 Å². The van der Waals surface area contributed by atoms with Crippen molar-refractivity contribution in [1.29, 1.82) is 0 Å². The Morgan fingerprint density at radius 3 is 2.64 bits per heavy atom. The molecule has 1 heterocycles. The van der Waals surface area contributed by atoms with E-state index in [0.717, 1.165) is 38.5 Å². The van der Waals surface area contributed by atoms with Crippen molar-refractivity contribution in [3.8, 4) is 0 Å². The van der Waals surface area contributed by atoms with Gasteiger partial charge in [0.2, 0.25) is 0 Å². The van der Waals surface area contributed by atoms with Crippen LogP contribution in [0.4, 0.5) is 0 Å². The minimum atomic E-state index is -0.130. The van der Waals surface area contributed by atoms with Crippen LogP contribution in [-0.2, 0) is 0 Å². The van der Waals surface area contributed by atoms with Crippen LogP contribution in [0.3, 0.4) is 0 Å². The Morgan fingerprint density at radius 2 is 2.04 bits per heavy atom. The van der Waals surface area contributed by atoms with E-state index in [9.17, 15) is 9.59 Å². The highest BCUT2D eigenvalue weighted by atomic mass is 16.1. The maximum Gasteiger partial charge on any atom is 0.251 e. The second-order valence-electron chi connectivity index (χ2n) is 8.72. The van der Waals surface area contributed by atoms with Crippen molar-refractivity contribution in [3.05, 3.63) is 35.4 Å². The second kappa shape index (κ2) is 9.19. The van der Waals surface area contributed by atoms with E-state index in [2.05, 4.69) is 44.8 Å². The summed E-state index contributed by atoms with van der Waals surface area (Å²) in [6.07, 6.45) is 4.77. The molecule has 2 rings (SSSR count). The summed E-state index contributed by atoms with van der Waals surface area (Å²) in [6, 6.07) is 7.01. The van der Waals surface area contributed by atoms with E-state index in [0.29, 0.717) is 23.6 Å². The third-order valence-electron chi connectivity index (χ3n) is 7.17. The Morgan fingerprint density at radius 1 is 1.32 bits per heavy atom. The van der Waals surface area contributed by atoms with Crippen molar-refractivity contribution in [2.45, 2.75) is 77.4 Å². The molecule has 0 bridgehead atoms. The molecule has 4 unspecified atom stereocenters. The van der Waals surface area contributed by atoms with Gasteiger partial charge in [0.25, 0.3) is 5.91 Å². The predicted molar refractivity (Wildman–Crippen MR) is 115 cm³/mol. The highest BCUT2D eigenvalue weighted by Gasteiger charge is 2.51. The minimum Gasteiger partial charge on any atom is -0.352 e. The number of piperidine rings is 1. The van der Waals surface area contributed by atoms with Crippen LogP contribution < -0.4 is 11.1 Å². The fraction of sp³-hybridized carbons (Fsp3) is 0.652. The lowest BCUT2D eigenvalue weighted by Crippen LogP contribution is -2.69. The number of carbonyl (C=O) groups excluding carboxylic acids is 2. The highest BCUT2D eigenvalue weighted by Crippen LogP contribution is 2.44. The molecule has 1 aliphatic rings. The average molecular weight is 388 g/mol. The number of carbonyl (C=O) groups is 2. The molecule has 4 atom stereocenters. The summed E-state index contributed by atoms with van der Waals surface area (Å²) in [5, 5.41) is 2.99. The van der Waals surface area contributed by atoms with Crippen molar-refractivity contribution in [1.82, 2.24) is 10.2 Å². The Bertz CT molecular complexity index is 692. The Hall–Kier alpha value is -1.72. The number of aldehydes is 1. The van der Waals surface area contributed by atoms with Crippen molar-refractivity contribution in [2.75, 3.05) is 13.1 Å². The van der Waals surface area contributed by atoms with Gasteiger partial charge in [-0.25, -0.2) is 0 Å². The number of amides is 1. The zero-order valence-electron chi connectivity index (χ0n) is 18.1. The number of likely N-dealkylation sites (tertiary alicyclic amines) is 1. The molecular weight excluding hydrogens is 350 g/mol. The van der Waals surface area contributed by atoms with E-state index in [1.54, 1.807) is 24.3 Å². The number of nitrogens with two attached hydrogens (primary N) is 1. The SMILES string of the molecule is CCC1(C)CC(N)C(C)C(C)(CC)N1CCCNC(=O)c1cccc(C=O)c1. The van der Waals surface area contributed by atoms with E-state index in [1.807, 2.05) is 0 Å². The first-order chi connectivity index (χ1) is 13.2. The van der Waals surface area contributed by atoms with E-state index in [1.165, 1.54) is 0 Å². The molecule has 5 heteroatoms. The van der Waals surface area contributed by atoms with Gasteiger partial charge in [-0.1, -0.05) is 32.9 Å². The highest BCUT2D eigenvalue weighted by molar-refractivity contribution is 5.95. The van der Waals surface area contributed by atoms with Gasteiger partial charge in [-0.3, -0.25) is 14.5 Å². The lowest BCUT2D eigenvalue weighted by Gasteiger charge is -2.60. The molecule has 0 aromatic heterocycles. The first-order valence-electron chi connectivity index (χ1n) is 10.6. The van der Waals surface area contributed by atoms with Crippen LogP contribution in [0.25, 0.3) is 0 Å². The standard InChI is InChI=1S/C23H37N3O2/c1-6-22(4)15-20(24)17(3)23(5,7-2)26(22)13-9-12-25-21(28)19-11-8-10-18(14-19)16-27/h8,10-11,14,16-17,20H,6-7,9,12-13,15,24H2,1-5H3,(H,25,28). The third kappa shape index (κ3) is 4.47. The van der Waals surface area contributed by atoms with Gasteiger partial charge >= 0.3 is 0 Å². The van der Waals surface area contributed by atoms with Gasteiger partial charge in [-0.2, -0.15) is 0 Å². The smallest absolute Gasteiger partial charge is 0.251 e. The van der Waals surface area contributed by atoms with Crippen LogP contribution in [0.5, 0.6) is 0 Å². The number of hydrogen-bond donors (Lipinski definition) is 2. The lowest BCUT2D eigenvalue weighted by atomic mass is 9.67. The summed E-state index contributed by atoms with van der Waals surface area (Å²) in [5.74, 6) is 0.298. The summed E-state index contributed by atoms with van der Waals surface area (Å²) in [6.45, 7) is 13.0. The van der Waals surface area contributed by atoms with Crippen molar-refractivity contribution in [3.63, 3.8) is 0 Å². The van der Waals surface area contributed by atoms with Crippen LogP contribution in [0, 0.1) is 5.92 Å². The fourth-order valence-corrected chi connectivity index (χ4v) is 4.79. The summed E-state index contributed by atoms with van der Waals surface area (Å²) in [5.41, 5.74) is 7.70. The molecule has 1 saturated heterocycles. The molecule has 3 N–H and O–H groups in total. The van der Waals surface area contributed by atoms with Crippen LogP contribution in [0.1, 0.15) is 81.0 Å². The molecule has 0 spiro atoms. The molecule has 0 radical (unpaired) electrons. The monoisotopic (exact) mass is 387 g/mol. The fourth-order valence-electron chi connectivity index (χ4n) is 4.79. The molecule has 156 valence electrons. The second-order valence-corrected chi connectivity index (χ2v) is 8.72. The number of hydrogen-bond acceptors (Lipinski definition) is 4. The Labute approximate surface area is 170 Å². The van der Waals surface area contributed by atoms with Crippen molar-refractivity contribution >= 4 is 12.2 Å². The van der Waals surface area contributed by atoms with Gasteiger partial charge in [-0.05, 0) is 57.6 Å². The summed E-state index contributed by atoms with van der Waals surface area (Å²) in [4.78, 5) is 25.9. The topological polar surface area (TPSA) is 75.4 Å². The zero-order valence-corrected chi connectivity index (χ0v) is 18.1. The van der Waals surface area contributed by atoms with Crippen molar-refractivity contribution in [2.24, 2.45) is 11.7 Å². The van der Waals surface area contributed by atoms with Crippen molar-refractivity contribution < 1.29 is 9.59 Å². The summed E-state index contributed by atoms with van der Waals surface area (Å²) >= 11 is 0. The van der Waals surface area contributed by atoms with Crippen LogP contribution in [0.2, 0.25) is 0 Å². The predicted octanol–water partition coefficient (Wildman–Crippen LogP) is 3.63. The molecule has 0 saturated carbocycles. The molecule has 28 heavy (non-hydrogen) atoms. The van der Waals surface area contributed by atoms with Gasteiger partial charge in [-0.15, -0.1) is 0 Å². The van der Waals surface area contributed by atoms with Gasteiger partial charge in [0.05, 0.1) is 0 Å². The maximum atomic E-state index is 12.4.